The second kappa shape index (κ2) is 5.89. The summed E-state index contributed by atoms with van der Waals surface area (Å²) in [5.41, 5.74) is -0.100. The van der Waals surface area contributed by atoms with Crippen molar-refractivity contribution in [1.82, 2.24) is 0 Å². The van der Waals surface area contributed by atoms with E-state index >= 15 is 0 Å². The fourth-order valence-electron chi connectivity index (χ4n) is 1.18. The molecule has 0 aliphatic heterocycles. The van der Waals surface area contributed by atoms with Crippen LogP contribution in [0.3, 0.4) is 0 Å². The summed E-state index contributed by atoms with van der Waals surface area (Å²) < 4.78 is 29.4. The minimum Gasteiger partial charge on any atom is -0.478 e. The SMILES string of the molecule is COC(=O)CS(=O)(=O)Nc1ccc(C(=O)O)c(Cl)c1. The monoisotopic (exact) mass is 307 g/mol. The van der Waals surface area contributed by atoms with Gasteiger partial charge in [0.2, 0.25) is 10.0 Å². The van der Waals surface area contributed by atoms with Gasteiger partial charge in [-0.15, -0.1) is 0 Å². The summed E-state index contributed by atoms with van der Waals surface area (Å²) in [4.78, 5) is 21.6. The number of sulfonamides is 1. The van der Waals surface area contributed by atoms with Gasteiger partial charge in [-0.2, -0.15) is 0 Å². The van der Waals surface area contributed by atoms with E-state index in [1.807, 2.05) is 0 Å². The number of methoxy groups -OCH3 is 1. The molecule has 0 aliphatic carbocycles. The number of anilines is 1. The van der Waals surface area contributed by atoms with Gasteiger partial charge in [-0.05, 0) is 18.2 Å². The third-order valence-electron chi connectivity index (χ3n) is 2.01. The van der Waals surface area contributed by atoms with Crippen LogP contribution in [0.25, 0.3) is 0 Å². The van der Waals surface area contributed by atoms with E-state index in [-0.39, 0.29) is 16.3 Å². The van der Waals surface area contributed by atoms with Crippen LogP contribution in [-0.4, -0.2) is 38.3 Å². The zero-order valence-electron chi connectivity index (χ0n) is 9.71. The van der Waals surface area contributed by atoms with Crippen molar-refractivity contribution in [3.05, 3.63) is 28.8 Å². The van der Waals surface area contributed by atoms with Crippen LogP contribution in [0.1, 0.15) is 10.4 Å². The van der Waals surface area contributed by atoms with Gasteiger partial charge in [-0.25, -0.2) is 13.2 Å². The molecule has 0 spiro atoms. The quantitative estimate of drug-likeness (QED) is 0.784. The molecule has 0 amide bonds. The van der Waals surface area contributed by atoms with E-state index in [0.29, 0.717) is 0 Å². The summed E-state index contributed by atoms with van der Waals surface area (Å²) in [5.74, 6) is -2.99. The van der Waals surface area contributed by atoms with Gasteiger partial charge in [0, 0.05) is 0 Å². The second-order valence-electron chi connectivity index (χ2n) is 3.44. The number of ether oxygens (including phenoxy) is 1. The van der Waals surface area contributed by atoms with Crippen molar-refractivity contribution in [2.45, 2.75) is 0 Å². The molecule has 1 rings (SSSR count). The summed E-state index contributed by atoms with van der Waals surface area (Å²) in [5, 5.41) is 8.64. The number of carbonyl (C=O) groups excluding carboxylic acids is 1. The topological polar surface area (TPSA) is 110 Å². The second-order valence-corrected chi connectivity index (χ2v) is 5.57. The molecule has 0 fully saturated rings. The molecule has 0 saturated carbocycles. The van der Waals surface area contributed by atoms with Gasteiger partial charge >= 0.3 is 11.9 Å². The van der Waals surface area contributed by atoms with Crippen LogP contribution < -0.4 is 4.72 Å². The van der Waals surface area contributed by atoms with Crippen molar-refractivity contribution < 1.29 is 27.9 Å². The van der Waals surface area contributed by atoms with E-state index in [9.17, 15) is 18.0 Å². The lowest BCUT2D eigenvalue weighted by molar-refractivity contribution is -0.137. The highest BCUT2D eigenvalue weighted by Gasteiger charge is 2.18. The van der Waals surface area contributed by atoms with E-state index in [1.54, 1.807) is 0 Å². The molecule has 0 unspecified atom stereocenters. The Balaban J connectivity index is 2.92. The molecule has 0 radical (unpaired) electrons. The van der Waals surface area contributed by atoms with E-state index in [4.69, 9.17) is 16.7 Å². The minimum atomic E-state index is -3.93. The van der Waals surface area contributed by atoms with Crippen molar-refractivity contribution in [3.63, 3.8) is 0 Å². The number of halogens is 1. The summed E-state index contributed by atoms with van der Waals surface area (Å²) in [6, 6.07) is 3.52. The highest BCUT2D eigenvalue weighted by molar-refractivity contribution is 7.93. The van der Waals surface area contributed by atoms with E-state index < -0.39 is 27.7 Å². The van der Waals surface area contributed by atoms with Gasteiger partial charge in [-0.3, -0.25) is 9.52 Å². The molecule has 104 valence electrons. The fraction of sp³-hybridized carbons (Fsp3) is 0.200. The number of hydrogen-bond donors (Lipinski definition) is 2. The molecule has 0 bridgehead atoms. The van der Waals surface area contributed by atoms with Crippen LogP contribution in [0, 0.1) is 0 Å². The maximum Gasteiger partial charge on any atom is 0.337 e. The molecular formula is C10H10ClNO6S. The van der Waals surface area contributed by atoms with Gasteiger partial charge in [0.1, 0.15) is 0 Å². The number of esters is 1. The fourth-order valence-corrected chi connectivity index (χ4v) is 2.43. The van der Waals surface area contributed by atoms with Crippen LogP contribution >= 0.6 is 11.6 Å². The number of carboxylic acid groups (broad SMARTS) is 1. The zero-order valence-corrected chi connectivity index (χ0v) is 11.3. The number of hydrogen-bond acceptors (Lipinski definition) is 5. The van der Waals surface area contributed by atoms with Gasteiger partial charge in [-0.1, -0.05) is 11.6 Å². The summed E-state index contributed by atoms with van der Waals surface area (Å²) in [6.45, 7) is 0. The van der Waals surface area contributed by atoms with Gasteiger partial charge in [0.05, 0.1) is 23.4 Å². The third-order valence-corrected chi connectivity index (χ3v) is 3.48. The Morgan fingerprint density at radius 1 is 1.42 bits per heavy atom. The van der Waals surface area contributed by atoms with Crippen LogP contribution in [-0.2, 0) is 19.6 Å². The predicted octanol–water partition coefficient (Wildman–Crippen LogP) is 0.953. The average molecular weight is 308 g/mol. The van der Waals surface area contributed by atoms with Crippen LogP contribution in [0.4, 0.5) is 5.69 Å². The Bertz CT molecular complexity index is 612. The first-order chi connectivity index (χ1) is 8.75. The number of carboxylic acids is 1. The lowest BCUT2D eigenvalue weighted by atomic mass is 10.2. The van der Waals surface area contributed by atoms with E-state index in [1.165, 1.54) is 6.07 Å². The molecule has 0 saturated heterocycles. The van der Waals surface area contributed by atoms with E-state index in [0.717, 1.165) is 19.2 Å². The molecule has 0 heterocycles. The number of carbonyl (C=O) groups is 2. The number of rotatable bonds is 5. The maximum absolute atomic E-state index is 11.5. The molecule has 7 nitrogen and oxygen atoms in total. The Morgan fingerprint density at radius 2 is 2.05 bits per heavy atom. The molecule has 0 atom stereocenters. The van der Waals surface area contributed by atoms with E-state index in [2.05, 4.69) is 9.46 Å². The van der Waals surface area contributed by atoms with Crippen LogP contribution in [0.2, 0.25) is 5.02 Å². The normalized spacial score (nSPS) is 10.8. The zero-order chi connectivity index (χ0) is 14.6. The van der Waals surface area contributed by atoms with Gasteiger partial charge in [0.25, 0.3) is 0 Å². The number of aromatic carboxylic acids is 1. The summed E-state index contributed by atoms with van der Waals surface area (Å²) in [7, 11) is -2.86. The molecular weight excluding hydrogens is 298 g/mol. The average Bonchev–Trinajstić information content (AvgIpc) is 2.26. The van der Waals surface area contributed by atoms with Crippen molar-refractivity contribution in [2.75, 3.05) is 17.6 Å². The molecule has 0 aromatic heterocycles. The highest BCUT2D eigenvalue weighted by atomic mass is 35.5. The maximum atomic E-state index is 11.5. The molecule has 19 heavy (non-hydrogen) atoms. The van der Waals surface area contributed by atoms with Crippen molar-refractivity contribution >= 4 is 39.3 Å². The Kier molecular flexibility index (Phi) is 4.73. The standard InChI is InChI=1S/C10H10ClNO6S/c1-18-9(13)5-19(16,17)12-6-2-3-7(10(14)15)8(11)4-6/h2-4,12H,5H2,1H3,(H,14,15). The first-order valence-corrected chi connectivity index (χ1v) is 6.88. The smallest absolute Gasteiger partial charge is 0.337 e. The molecule has 2 N–H and O–H groups in total. The molecule has 0 aliphatic rings. The van der Waals surface area contributed by atoms with Crippen LogP contribution in [0.5, 0.6) is 0 Å². The predicted molar refractivity (Wildman–Crippen MR) is 67.8 cm³/mol. The first kappa shape index (κ1) is 15.3. The Labute approximate surface area is 114 Å². The summed E-state index contributed by atoms with van der Waals surface area (Å²) in [6.07, 6.45) is 0. The molecule has 1 aromatic carbocycles. The Morgan fingerprint density at radius 3 is 2.53 bits per heavy atom. The van der Waals surface area contributed by atoms with Crippen molar-refractivity contribution in [3.8, 4) is 0 Å². The van der Waals surface area contributed by atoms with Crippen molar-refractivity contribution in [2.24, 2.45) is 0 Å². The third kappa shape index (κ3) is 4.42. The minimum absolute atomic E-state index is 0.0545. The summed E-state index contributed by atoms with van der Waals surface area (Å²) >= 11 is 5.68. The van der Waals surface area contributed by atoms with Gasteiger partial charge < -0.3 is 9.84 Å². The first-order valence-electron chi connectivity index (χ1n) is 4.85. The van der Waals surface area contributed by atoms with Crippen LogP contribution in [0.15, 0.2) is 18.2 Å². The molecule has 1 aromatic rings. The lowest BCUT2D eigenvalue weighted by Crippen LogP contribution is -2.23. The molecule has 9 heteroatoms. The Hall–Kier alpha value is -1.80. The highest BCUT2D eigenvalue weighted by Crippen LogP contribution is 2.21. The van der Waals surface area contributed by atoms with Gasteiger partial charge in [0.15, 0.2) is 5.75 Å². The largest absolute Gasteiger partial charge is 0.478 e. The van der Waals surface area contributed by atoms with Crippen molar-refractivity contribution in [1.29, 1.82) is 0 Å². The number of nitrogens with one attached hydrogen (secondary N) is 1. The number of benzene rings is 1. The lowest BCUT2D eigenvalue weighted by Gasteiger charge is -2.08.